The first-order valence-corrected chi connectivity index (χ1v) is 8.04. The number of nitrogens with zero attached hydrogens (tertiary/aromatic N) is 1. The molecule has 1 unspecified atom stereocenters. The number of amides is 2. The standard InChI is InChI=1S/C17H13Cl2FN2O2/c18-10-4-5-15(14(19)8-10)22-7-6-13(17(22)24)16(23)21-12-3-1-2-11(20)9-12/h1-5,8-9,13H,6-7H2,(H,21,23). The van der Waals surface area contributed by atoms with E-state index in [9.17, 15) is 14.0 Å². The second kappa shape index (κ2) is 6.79. The molecule has 1 atom stereocenters. The number of anilines is 2. The molecule has 24 heavy (non-hydrogen) atoms. The third-order valence-electron chi connectivity index (χ3n) is 3.81. The summed E-state index contributed by atoms with van der Waals surface area (Å²) in [6, 6.07) is 10.4. The predicted octanol–water partition coefficient (Wildman–Crippen LogP) is 4.12. The van der Waals surface area contributed by atoms with E-state index in [0.29, 0.717) is 34.4 Å². The first kappa shape index (κ1) is 16.7. The summed E-state index contributed by atoms with van der Waals surface area (Å²) in [6.07, 6.45) is 0.360. The van der Waals surface area contributed by atoms with Gasteiger partial charge in [0.25, 0.3) is 0 Å². The second-order valence-electron chi connectivity index (χ2n) is 5.43. The molecule has 1 aliphatic heterocycles. The molecule has 0 aromatic heterocycles. The van der Waals surface area contributed by atoms with Gasteiger partial charge in [0.05, 0.1) is 10.7 Å². The molecule has 0 spiro atoms. The van der Waals surface area contributed by atoms with E-state index in [4.69, 9.17) is 23.2 Å². The Morgan fingerprint density at radius 1 is 1.21 bits per heavy atom. The van der Waals surface area contributed by atoms with Crippen LogP contribution in [0, 0.1) is 11.7 Å². The van der Waals surface area contributed by atoms with Crippen molar-refractivity contribution < 1.29 is 14.0 Å². The van der Waals surface area contributed by atoms with Crippen LogP contribution >= 0.6 is 23.2 Å². The summed E-state index contributed by atoms with van der Waals surface area (Å²) in [6.45, 7) is 0.376. The minimum absolute atomic E-state index is 0.316. The van der Waals surface area contributed by atoms with Gasteiger partial charge in [0, 0.05) is 17.3 Å². The number of halogens is 3. The monoisotopic (exact) mass is 366 g/mol. The topological polar surface area (TPSA) is 49.4 Å². The molecule has 0 aliphatic carbocycles. The van der Waals surface area contributed by atoms with Crippen LogP contribution in [0.3, 0.4) is 0 Å². The molecular weight excluding hydrogens is 354 g/mol. The van der Waals surface area contributed by atoms with Crippen LogP contribution in [-0.4, -0.2) is 18.4 Å². The first-order chi connectivity index (χ1) is 11.5. The van der Waals surface area contributed by atoms with Crippen molar-refractivity contribution in [1.82, 2.24) is 0 Å². The Bertz CT molecular complexity index is 813. The van der Waals surface area contributed by atoms with Crippen molar-refractivity contribution in [3.8, 4) is 0 Å². The number of hydrogen-bond acceptors (Lipinski definition) is 2. The molecule has 2 amide bonds. The molecule has 7 heteroatoms. The van der Waals surface area contributed by atoms with Crippen molar-refractivity contribution in [2.75, 3.05) is 16.8 Å². The van der Waals surface area contributed by atoms with Gasteiger partial charge in [0.1, 0.15) is 11.7 Å². The average Bonchev–Trinajstić information content (AvgIpc) is 2.89. The van der Waals surface area contributed by atoms with Gasteiger partial charge >= 0.3 is 0 Å². The number of rotatable bonds is 3. The van der Waals surface area contributed by atoms with Gasteiger partial charge in [-0.15, -0.1) is 0 Å². The molecule has 0 bridgehead atoms. The van der Waals surface area contributed by atoms with Gasteiger partial charge in [-0.2, -0.15) is 0 Å². The summed E-state index contributed by atoms with van der Waals surface area (Å²) in [4.78, 5) is 26.3. The van der Waals surface area contributed by atoms with Crippen molar-refractivity contribution in [3.05, 3.63) is 58.3 Å². The maximum atomic E-state index is 13.2. The van der Waals surface area contributed by atoms with Crippen molar-refractivity contribution >= 4 is 46.4 Å². The summed E-state index contributed by atoms with van der Waals surface area (Å²) in [5, 5.41) is 3.39. The third kappa shape index (κ3) is 3.37. The molecule has 4 nitrogen and oxygen atoms in total. The molecule has 1 aliphatic rings. The van der Waals surface area contributed by atoms with Gasteiger partial charge in [-0.1, -0.05) is 29.3 Å². The average molecular weight is 367 g/mol. The van der Waals surface area contributed by atoms with Crippen LogP contribution in [0.2, 0.25) is 10.0 Å². The molecule has 0 radical (unpaired) electrons. The Morgan fingerprint density at radius 2 is 2.00 bits per heavy atom. The van der Waals surface area contributed by atoms with Gasteiger partial charge in [-0.3, -0.25) is 9.59 Å². The van der Waals surface area contributed by atoms with Crippen molar-refractivity contribution in [3.63, 3.8) is 0 Å². The lowest BCUT2D eigenvalue weighted by Gasteiger charge is -2.18. The van der Waals surface area contributed by atoms with Crippen molar-refractivity contribution in [1.29, 1.82) is 0 Å². The molecule has 124 valence electrons. The fourth-order valence-corrected chi connectivity index (χ4v) is 3.17. The fourth-order valence-electron chi connectivity index (χ4n) is 2.66. The molecule has 1 heterocycles. The largest absolute Gasteiger partial charge is 0.325 e. The lowest BCUT2D eigenvalue weighted by molar-refractivity contribution is -0.129. The normalized spacial score (nSPS) is 17.2. The molecule has 1 fully saturated rings. The Hall–Kier alpha value is -2.11. The van der Waals surface area contributed by atoms with Crippen LogP contribution in [0.4, 0.5) is 15.8 Å². The van der Waals surface area contributed by atoms with Crippen LogP contribution < -0.4 is 10.2 Å². The fraction of sp³-hybridized carbons (Fsp3) is 0.176. The van der Waals surface area contributed by atoms with Crippen molar-refractivity contribution in [2.45, 2.75) is 6.42 Å². The van der Waals surface area contributed by atoms with Gasteiger partial charge in [0.2, 0.25) is 11.8 Å². The summed E-state index contributed by atoms with van der Waals surface area (Å²) in [5.41, 5.74) is 0.836. The van der Waals surface area contributed by atoms with Crippen LogP contribution in [0.1, 0.15) is 6.42 Å². The number of nitrogens with one attached hydrogen (secondary N) is 1. The Kier molecular flexibility index (Phi) is 4.73. The third-order valence-corrected chi connectivity index (χ3v) is 4.35. The van der Waals surface area contributed by atoms with E-state index < -0.39 is 17.6 Å². The lowest BCUT2D eigenvalue weighted by Crippen LogP contribution is -2.33. The second-order valence-corrected chi connectivity index (χ2v) is 6.27. The Balaban J connectivity index is 1.75. The highest BCUT2D eigenvalue weighted by Crippen LogP contribution is 2.33. The van der Waals surface area contributed by atoms with Crippen LogP contribution in [0.5, 0.6) is 0 Å². The summed E-state index contributed by atoms with van der Waals surface area (Å²) < 4.78 is 13.2. The van der Waals surface area contributed by atoms with Gasteiger partial charge < -0.3 is 10.2 Å². The highest BCUT2D eigenvalue weighted by Gasteiger charge is 2.38. The Morgan fingerprint density at radius 3 is 2.71 bits per heavy atom. The smallest absolute Gasteiger partial charge is 0.239 e. The maximum absolute atomic E-state index is 13.2. The number of carbonyl (C=O) groups is 2. The van der Waals surface area contributed by atoms with Crippen LogP contribution in [-0.2, 0) is 9.59 Å². The van der Waals surface area contributed by atoms with E-state index >= 15 is 0 Å². The van der Waals surface area contributed by atoms with E-state index in [2.05, 4.69) is 5.32 Å². The Labute approximate surface area is 148 Å². The SMILES string of the molecule is O=C(Nc1cccc(F)c1)C1CCN(c2ccc(Cl)cc2Cl)C1=O. The number of hydrogen-bond donors (Lipinski definition) is 1. The molecule has 0 saturated carbocycles. The minimum Gasteiger partial charge on any atom is -0.325 e. The number of carbonyl (C=O) groups excluding carboxylic acids is 2. The maximum Gasteiger partial charge on any atom is 0.239 e. The van der Waals surface area contributed by atoms with E-state index in [1.165, 1.54) is 23.1 Å². The zero-order chi connectivity index (χ0) is 17.3. The molecule has 2 aromatic carbocycles. The zero-order valence-electron chi connectivity index (χ0n) is 12.4. The van der Waals surface area contributed by atoms with E-state index in [1.54, 1.807) is 24.3 Å². The molecule has 2 aromatic rings. The molecular formula is C17H13Cl2FN2O2. The lowest BCUT2D eigenvalue weighted by atomic mass is 10.1. The summed E-state index contributed by atoms with van der Waals surface area (Å²) in [5.74, 6) is -2.09. The van der Waals surface area contributed by atoms with Gasteiger partial charge in [0.15, 0.2) is 0 Å². The first-order valence-electron chi connectivity index (χ1n) is 7.28. The highest BCUT2D eigenvalue weighted by atomic mass is 35.5. The molecule has 1 saturated heterocycles. The van der Waals surface area contributed by atoms with Crippen molar-refractivity contribution in [2.24, 2.45) is 5.92 Å². The summed E-state index contributed by atoms with van der Waals surface area (Å²) in [7, 11) is 0. The van der Waals surface area contributed by atoms with Crippen LogP contribution in [0.15, 0.2) is 42.5 Å². The predicted molar refractivity (Wildman–Crippen MR) is 92.0 cm³/mol. The molecule has 3 rings (SSSR count). The minimum atomic E-state index is -0.833. The van der Waals surface area contributed by atoms with Gasteiger partial charge in [-0.25, -0.2) is 4.39 Å². The van der Waals surface area contributed by atoms with Gasteiger partial charge in [-0.05, 0) is 42.8 Å². The van der Waals surface area contributed by atoms with E-state index in [1.807, 2.05) is 0 Å². The summed E-state index contributed by atoms with van der Waals surface area (Å²) >= 11 is 12.0. The highest BCUT2D eigenvalue weighted by molar-refractivity contribution is 6.37. The quantitative estimate of drug-likeness (QED) is 0.830. The van der Waals surface area contributed by atoms with E-state index in [-0.39, 0.29) is 5.91 Å². The van der Waals surface area contributed by atoms with Crippen LogP contribution in [0.25, 0.3) is 0 Å². The van der Waals surface area contributed by atoms with E-state index in [0.717, 1.165) is 0 Å². The zero-order valence-corrected chi connectivity index (χ0v) is 13.9. The molecule has 1 N–H and O–H groups in total. The number of benzene rings is 2.